The summed E-state index contributed by atoms with van der Waals surface area (Å²) in [5.74, 6) is 1.07. The van der Waals surface area contributed by atoms with Gasteiger partial charge in [0.05, 0.1) is 6.26 Å². The Balaban J connectivity index is 1.52. The predicted octanol–water partition coefficient (Wildman–Crippen LogP) is 2.29. The molecule has 1 saturated heterocycles. The van der Waals surface area contributed by atoms with Crippen LogP contribution in [0.3, 0.4) is 0 Å². The second kappa shape index (κ2) is 6.82. The van der Waals surface area contributed by atoms with Crippen LogP contribution in [0.5, 0.6) is 0 Å². The van der Waals surface area contributed by atoms with Gasteiger partial charge in [-0.2, -0.15) is 0 Å². The molecule has 1 aromatic rings. The molecule has 0 saturated carbocycles. The summed E-state index contributed by atoms with van der Waals surface area (Å²) >= 11 is 0. The van der Waals surface area contributed by atoms with E-state index in [0.29, 0.717) is 6.04 Å². The summed E-state index contributed by atoms with van der Waals surface area (Å²) in [6.45, 7) is 7.20. The summed E-state index contributed by atoms with van der Waals surface area (Å²) in [7, 11) is 0. The molecule has 1 unspecified atom stereocenters. The van der Waals surface area contributed by atoms with Gasteiger partial charge < -0.3 is 14.6 Å². The Morgan fingerprint density at radius 3 is 2.94 bits per heavy atom. The molecule has 1 fully saturated rings. The van der Waals surface area contributed by atoms with Crippen molar-refractivity contribution in [3.05, 3.63) is 24.2 Å². The molecule has 3 heteroatoms. The van der Waals surface area contributed by atoms with Gasteiger partial charge in [-0.25, -0.2) is 0 Å². The number of hydrogen-bond donors (Lipinski definition) is 1. The van der Waals surface area contributed by atoms with E-state index in [2.05, 4.69) is 17.1 Å². The van der Waals surface area contributed by atoms with Gasteiger partial charge in [0.2, 0.25) is 0 Å². The second-order valence-corrected chi connectivity index (χ2v) is 5.04. The van der Waals surface area contributed by atoms with Gasteiger partial charge in [0.15, 0.2) is 0 Å². The molecule has 1 atom stereocenters. The van der Waals surface area contributed by atoms with Gasteiger partial charge >= 0.3 is 0 Å². The van der Waals surface area contributed by atoms with E-state index < -0.39 is 0 Å². The van der Waals surface area contributed by atoms with Gasteiger partial charge in [-0.1, -0.05) is 0 Å². The molecule has 0 radical (unpaired) electrons. The zero-order valence-corrected chi connectivity index (χ0v) is 10.8. The van der Waals surface area contributed by atoms with Crippen molar-refractivity contribution in [3.63, 3.8) is 0 Å². The maximum Gasteiger partial charge on any atom is 0.105 e. The van der Waals surface area contributed by atoms with Gasteiger partial charge in [-0.3, -0.25) is 0 Å². The molecule has 17 heavy (non-hydrogen) atoms. The number of furan rings is 1. The molecule has 0 aromatic carbocycles. The van der Waals surface area contributed by atoms with Crippen LogP contribution in [0.1, 0.15) is 31.9 Å². The highest BCUT2D eigenvalue weighted by Crippen LogP contribution is 2.07. The van der Waals surface area contributed by atoms with Crippen LogP contribution in [-0.2, 0) is 6.42 Å². The summed E-state index contributed by atoms with van der Waals surface area (Å²) in [5.41, 5.74) is 0. The summed E-state index contributed by atoms with van der Waals surface area (Å²) in [4.78, 5) is 2.57. The molecule has 96 valence electrons. The van der Waals surface area contributed by atoms with Crippen molar-refractivity contribution < 1.29 is 4.42 Å². The predicted molar refractivity (Wildman–Crippen MR) is 70.2 cm³/mol. The van der Waals surface area contributed by atoms with Crippen LogP contribution in [0.25, 0.3) is 0 Å². The normalized spacial score (nSPS) is 18.6. The van der Waals surface area contributed by atoms with Gasteiger partial charge in [0.1, 0.15) is 5.76 Å². The zero-order chi connectivity index (χ0) is 11.9. The Labute approximate surface area is 104 Å². The molecule has 1 aliphatic heterocycles. The first-order valence-electron chi connectivity index (χ1n) is 6.83. The first-order valence-corrected chi connectivity index (χ1v) is 6.83. The number of likely N-dealkylation sites (tertiary alicyclic amines) is 1. The zero-order valence-electron chi connectivity index (χ0n) is 10.8. The van der Waals surface area contributed by atoms with Crippen molar-refractivity contribution in [3.8, 4) is 0 Å². The molecular weight excluding hydrogens is 212 g/mol. The summed E-state index contributed by atoms with van der Waals surface area (Å²) < 4.78 is 5.34. The first-order chi connectivity index (χ1) is 8.34. The Morgan fingerprint density at radius 1 is 1.41 bits per heavy atom. The molecule has 1 aliphatic rings. The minimum Gasteiger partial charge on any atom is -0.469 e. The number of rotatable bonds is 7. The van der Waals surface area contributed by atoms with Crippen LogP contribution in [0.15, 0.2) is 22.8 Å². The quantitative estimate of drug-likeness (QED) is 0.736. The maximum absolute atomic E-state index is 5.34. The van der Waals surface area contributed by atoms with E-state index in [1.54, 1.807) is 6.26 Å². The number of nitrogens with zero attached hydrogens (tertiary/aromatic N) is 1. The average molecular weight is 236 g/mol. The van der Waals surface area contributed by atoms with Gasteiger partial charge in [0.25, 0.3) is 0 Å². The van der Waals surface area contributed by atoms with Gasteiger partial charge in [-0.15, -0.1) is 0 Å². The number of nitrogens with one attached hydrogen (secondary N) is 1. The summed E-state index contributed by atoms with van der Waals surface area (Å²) in [5, 5.41) is 3.56. The summed E-state index contributed by atoms with van der Waals surface area (Å²) in [6.07, 6.45) is 6.76. The molecule has 3 nitrogen and oxygen atoms in total. The standard InChI is InChI=1S/C14H24N2O/c1-13(12-14-6-4-11-17-14)15-7-5-10-16-8-2-3-9-16/h4,6,11,13,15H,2-3,5,7-10,12H2,1H3. The Bertz CT molecular complexity index is 291. The van der Waals surface area contributed by atoms with Crippen molar-refractivity contribution in [2.24, 2.45) is 0 Å². The molecule has 0 bridgehead atoms. The van der Waals surface area contributed by atoms with E-state index in [4.69, 9.17) is 4.42 Å². The lowest BCUT2D eigenvalue weighted by Crippen LogP contribution is -2.31. The van der Waals surface area contributed by atoms with Crippen molar-refractivity contribution in [1.29, 1.82) is 0 Å². The fraction of sp³-hybridized carbons (Fsp3) is 0.714. The third kappa shape index (κ3) is 4.52. The summed E-state index contributed by atoms with van der Waals surface area (Å²) in [6, 6.07) is 4.50. The van der Waals surface area contributed by atoms with Crippen molar-refractivity contribution in [2.75, 3.05) is 26.2 Å². The SMILES string of the molecule is CC(Cc1ccco1)NCCCN1CCCC1. The third-order valence-corrected chi connectivity index (χ3v) is 3.43. The second-order valence-electron chi connectivity index (χ2n) is 5.04. The average Bonchev–Trinajstić information content (AvgIpc) is 2.96. The van der Waals surface area contributed by atoms with E-state index in [1.807, 2.05) is 12.1 Å². The first kappa shape index (κ1) is 12.7. The molecule has 1 aromatic heterocycles. The lowest BCUT2D eigenvalue weighted by atomic mass is 10.2. The van der Waals surface area contributed by atoms with Crippen LogP contribution >= 0.6 is 0 Å². The van der Waals surface area contributed by atoms with E-state index in [0.717, 1.165) is 18.7 Å². The fourth-order valence-electron chi connectivity index (χ4n) is 2.46. The Morgan fingerprint density at radius 2 is 2.24 bits per heavy atom. The minimum absolute atomic E-state index is 0.500. The molecule has 1 N–H and O–H groups in total. The molecule has 0 aliphatic carbocycles. The van der Waals surface area contributed by atoms with Gasteiger partial charge in [-0.05, 0) is 64.5 Å². The number of hydrogen-bond acceptors (Lipinski definition) is 3. The largest absolute Gasteiger partial charge is 0.469 e. The third-order valence-electron chi connectivity index (χ3n) is 3.43. The highest BCUT2D eigenvalue weighted by Gasteiger charge is 2.10. The fourth-order valence-corrected chi connectivity index (χ4v) is 2.46. The highest BCUT2D eigenvalue weighted by molar-refractivity contribution is 4.99. The van der Waals surface area contributed by atoms with Crippen molar-refractivity contribution in [1.82, 2.24) is 10.2 Å². The molecular formula is C14H24N2O. The van der Waals surface area contributed by atoms with Gasteiger partial charge in [0, 0.05) is 12.5 Å². The molecule has 0 amide bonds. The molecule has 0 spiro atoms. The Hall–Kier alpha value is -0.800. The van der Waals surface area contributed by atoms with Crippen LogP contribution < -0.4 is 5.32 Å². The Kier molecular flexibility index (Phi) is 5.08. The van der Waals surface area contributed by atoms with Crippen LogP contribution in [0.4, 0.5) is 0 Å². The molecule has 2 heterocycles. The minimum atomic E-state index is 0.500. The van der Waals surface area contributed by atoms with Crippen LogP contribution in [0.2, 0.25) is 0 Å². The lowest BCUT2D eigenvalue weighted by Gasteiger charge is -2.16. The van der Waals surface area contributed by atoms with E-state index in [9.17, 15) is 0 Å². The highest BCUT2D eigenvalue weighted by atomic mass is 16.3. The van der Waals surface area contributed by atoms with Crippen molar-refractivity contribution in [2.45, 2.75) is 38.6 Å². The van der Waals surface area contributed by atoms with Crippen LogP contribution in [0, 0.1) is 0 Å². The smallest absolute Gasteiger partial charge is 0.105 e. The molecule has 2 rings (SSSR count). The van der Waals surface area contributed by atoms with E-state index in [1.165, 1.54) is 38.9 Å². The topological polar surface area (TPSA) is 28.4 Å². The van der Waals surface area contributed by atoms with E-state index in [-0.39, 0.29) is 0 Å². The lowest BCUT2D eigenvalue weighted by molar-refractivity contribution is 0.327. The van der Waals surface area contributed by atoms with Crippen molar-refractivity contribution >= 4 is 0 Å². The monoisotopic (exact) mass is 236 g/mol. The van der Waals surface area contributed by atoms with Crippen LogP contribution in [-0.4, -0.2) is 37.1 Å². The van der Waals surface area contributed by atoms with E-state index >= 15 is 0 Å². The maximum atomic E-state index is 5.34.